The standard InChI is InChI=1S/C14H16N4O/c1-2-10-5-9(1)6-11(10)7-13-17-14(18-19-13)12-8-15-3-4-16-12/h3-4,8-11H,1-2,5-7H2/t9-,10-,11-/m1/s1. The van der Waals surface area contributed by atoms with Crippen LogP contribution in [0.4, 0.5) is 0 Å². The molecule has 0 radical (unpaired) electrons. The molecular weight excluding hydrogens is 240 g/mol. The highest BCUT2D eigenvalue weighted by Gasteiger charge is 2.40. The van der Waals surface area contributed by atoms with Gasteiger partial charge < -0.3 is 4.52 Å². The smallest absolute Gasteiger partial charge is 0.227 e. The fourth-order valence-electron chi connectivity index (χ4n) is 3.71. The van der Waals surface area contributed by atoms with Crippen molar-refractivity contribution in [3.63, 3.8) is 0 Å². The van der Waals surface area contributed by atoms with E-state index >= 15 is 0 Å². The fourth-order valence-corrected chi connectivity index (χ4v) is 3.71. The average Bonchev–Trinajstić information content (AvgIpc) is 3.16. The zero-order valence-corrected chi connectivity index (χ0v) is 10.7. The Morgan fingerprint density at radius 2 is 2.21 bits per heavy atom. The van der Waals surface area contributed by atoms with Crippen LogP contribution >= 0.6 is 0 Å². The Labute approximate surface area is 111 Å². The predicted molar refractivity (Wildman–Crippen MR) is 68.0 cm³/mol. The van der Waals surface area contributed by atoms with E-state index in [4.69, 9.17) is 4.52 Å². The molecule has 2 bridgehead atoms. The molecule has 0 aliphatic heterocycles. The van der Waals surface area contributed by atoms with E-state index in [1.807, 2.05) is 0 Å². The third-order valence-corrected chi connectivity index (χ3v) is 4.58. The molecule has 2 heterocycles. The highest BCUT2D eigenvalue weighted by molar-refractivity contribution is 5.45. The number of rotatable bonds is 3. The second kappa shape index (κ2) is 4.40. The largest absolute Gasteiger partial charge is 0.339 e. The van der Waals surface area contributed by atoms with E-state index in [9.17, 15) is 0 Å². The van der Waals surface area contributed by atoms with E-state index in [-0.39, 0.29) is 0 Å². The molecule has 5 nitrogen and oxygen atoms in total. The molecule has 0 saturated heterocycles. The van der Waals surface area contributed by atoms with Crippen LogP contribution in [-0.2, 0) is 6.42 Å². The molecule has 19 heavy (non-hydrogen) atoms. The first kappa shape index (κ1) is 11.1. The highest BCUT2D eigenvalue weighted by atomic mass is 16.5. The molecule has 0 aromatic carbocycles. The van der Waals surface area contributed by atoms with Crippen LogP contribution < -0.4 is 0 Å². The molecule has 2 aliphatic rings. The zero-order valence-electron chi connectivity index (χ0n) is 10.7. The van der Waals surface area contributed by atoms with Crippen molar-refractivity contribution in [3.05, 3.63) is 24.5 Å². The van der Waals surface area contributed by atoms with Gasteiger partial charge in [-0.3, -0.25) is 4.98 Å². The van der Waals surface area contributed by atoms with Gasteiger partial charge in [-0.1, -0.05) is 11.6 Å². The Morgan fingerprint density at radius 3 is 2.95 bits per heavy atom. The fraction of sp³-hybridized carbons (Fsp3) is 0.571. The predicted octanol–water partition coefficient (Wildman–Crippen LogP) is 2.51. The summed E-state index contributed by atoms with van der Waals surface area (Å²) in [4.78, 5) is 12.7. The molecule has 2 aromatic rings. The van der Waals surface area contributed by atoms with Crippen molar-refractivity contribution < 1.29 is 4.52 Å². The molecule has 2 saturated carbocycles. The summed E-state index contributed by atoms with van der Waals surface area (Å²) in [5.74, 6) is 3.88. The van der Waals surface area contributed by atoms with E-state index < -0.39 is 0 Å². The molecule has 0 amide bonds. The van der Waals surface area contributed by atoms with E-state index in [1.165, 1.54) is 25.7 Å². The third kappa shape index (κ3) is 2.03. The molecule has 98 valence electrons. The minimum atomic E-state index is 0.547. The van der Waals surface area contributed by atoms with Gasteiger partial charge in [0.1, 0.15) is 5.69 Å². The van der Waals surface area contributed by atoms with Gasteiger partial charge >= 0.3 is 0 Å². The summed E-state index contributed by atoms with van der Waals surface area (Å²) < 4.78 is 5.36. The molecule has 3 atom stereocenters. The van der Waals surface area contributed by atoms with Crippen molar-refractivity contribution in [2.75, 3.05) is 0 Å². The summed E-state index contributed by atoms with van der Waals surface area (Å²) in [5, 5.41) is 4.00. The van der Waals surface area contributed by atoms with Gasteiger partial charge in [-0.2, -0.15) is 4.98 Å². The van der Waals surface area contributed by atoms with Gasteiger partial charge in [0.05, 0.1) is 6.20 Å². The van der Waals surface area contributed by atoms with Gasteiger partial charge in [-0.15, -0.1) is 0 Å². The number of aromatic nitrogens is 4. The summed E-state index contributed by atoms with van der Waals surface area (Å²) in [6.45, 7) is 0. The Morgan fingerprint density at radius 1 is 1.21 bits per heavy atom. The third-order valence-electron chi connectivity index (χ3n) is 4.58. The van der Waals surface area contributed by atoms with Crippen LogP contribution in [0, 0.1) is 17.8 Å². The first-order valence-corrected chi connectivity index (χ1v) is 6.97. The monoisotopic (exact) mass is 256 g/mol. The van der Waals surface area contributed by atoms with Crippen molar-refractivity contribution in [1.29, 1.82) is 0 Å². The van der Waals surface area contributed by atoms with Crippen LogP contribution in [0.5, 0.6) is 0 Å². The summed E-state index contributed by atoms with van der Waals surface area (Å²) in [6, 6.07) is 0. The van der Waals surface area contributed by atoms with Crippen LogP contribution in [0.2, 0.25) is 0 Å². The van der Waals surface area contributed by atoms with Gasteiger partial charge in [0.25, 0.3) is 0 Å². The molecule has 4 rings (SSSR count). The second-order valence-corrected chi connectivity index (χ2v) is 5.74. The highest BCUT2D eigenvalue weighted by Crippen LogP contribution is 2.49. The van der Waals surface area contributed by atoms with Crippen LogP contribution in [0.25, 0.3) is 11.5 Å². The van der Waals surface area contributed by atoms with E-state index in [2.05, 4.69) is 20.1 Å². The maximum absolute atomic E-state index is 5.36. The lowest BCUT2D eigenvalue weighted by Crippen LogP contribution is -2.13. The summed E-state index contributed by atoms with van der Waals surface area (Å²) in [6.07, 6.45) is 11.4. The number of fused-ring (bicyclic) bond motifs is 2. The van der Waals surface area contributed by atoms with Gasteiger partial charge in [0.2, 0.25) is 11.7 Å². The van der Waals surface area contributed by atoms with Crippen LogP contribution in [0.3, 0.4) is 0 Å². The Hall–Kier alpha value is -1.78. The van der Waals surface area contributed by atoms with Crippen LogP contribution in [-0.4, -0.2) is 20.1 Å². The van der Waals surface area contributed by atoms with Crippen LogP contribution in [0.1, 0.15) is 31.6 Å². The van der Waals surface area contributed by atoms with Crippen molar-refractivity contribution in [1.82, 2.24) is 20.1 Å². The summed E-state index contributed by atoms with van der Waals surface area (Å²) in [7, 11) is 0. The van der Waals surface area contributed by atoms with Gasteiger partial charge in [0.15, 0.2) is 0 Å². The maximum atomic E-state index is 5.36. The van der Waals surface area contributed by atoms with Crippen molar-refractivity contribution in [2.45, 2.75) is 32.1 Å². The van der Waals surface area contributed by atoms with Crippen molar-refractivity contribution in [3.8, 4) is 11.5 Å². The second-order valence-electron chi connectivity index (χ2n) is 5.74. The quantitative estimate of drug-likeness (QED) is 0.844. The van der Waals surface area contributed by atoms with E-state index in [0.717, 1.165) is 30.1 Å². The van der Waals surface area contributed by atoms with E-state index in [0.29, 0.717) is 11.5 Å². The zero-order chi connectivity index (χ0) is 12.7. The summed E-state index contributed by atoms with van der Waals surface area (Å²) >= 11 is 0. The molecule has 5 heteroatoms. The maximum Gasteiger partial charge on any atom is 0.227 e. The van der Waals surface area contributed by atoms with Crippen LogP contribution in [0.15, 0.2) is 23.1 Å². The molecule has 0 unspecified atom stereocenters. The molecule has 0 N–H and O–H groups in total. The number of nitrogens with zero attached hydrogens (tertiary/aromatic N) is 4. The molecular formula is C14H16N4O. The number of hydrogen-bond donors (Lipinski definition) is 0. The lowest BCUT2D eigenvalue weighted by atomic mass is 9.86. The Bertz CT molecular complexity index is 568. The lowest BCUT2D eigenvalue weighted by Gasteiger charge is -2.19. The molecule has 0 spiro atoms. The topological polar surface area (TPSA) is 64.7 Å². The first-order chi connectivity index (χ1) is 9.38. The van der Waals surface area contributed by atoms with Gasteiger partial charge in [0, 0.05) is 18.8 Å². The Balaban J connectivity index is 1.50. The van der Waals surface area contributed by atoms with Crippen molar-refractivity contribution >= 4 is 0 Å². The SMILES string of the molecule is c1cnc(-c2noc(C[C@H]3C[C@@H]4CC[C@@H]3C4)n2)cn1. The van der Waals surface area contributed by atoms with Gasteiger partial charge in [-0.05, 0) is 37.0 Å². The molecule has 2 aliphatic carbocycles. The minimum absolute atomic E-state index is 0.547. The normalized spacial score (nSPS) is 28.9. The molecule has 2 aromatic heterocycles. The Kier molecular flexibility index (Phi) is 2.57. The lowest BCUT2D eigenvalue weighted by molar-refractivity contribution is 0.288. The first-order valence-electron chi connectivity index (χ1n) is 6.97. The number of hydrogen-bond acceptors (Lipinski definition) is 5. The average molecular weight is 256 g/mol. The van der Waals surface area contributed by atoms with E-state index in [1.54, 1.807) is 18.6 Å². The minimum Gasteiger partial charge on any atom is -0.339 e. The van der Waals surface area contributed by atoms with Gasteiger partial charge in [-0.25, -0.2) is 4.98 Å². The summed E-state index contributed by atoms with van der Waals surface area (Å²) in [5.41, 5.74) is 0.672. The molecule has 2 fully saturated rings. The van der Waals surface area contributed by atoms with Crippen molar-refractivity contribution in [2.24, 2.45) is 17.8 Å².